The summed E-state index contributed by atoms with van der Waals surface area (Å²) in [5.74, 6) is 0.186. The van der Waals surface area contributed by atoms with Crippen molar-refractivity contribution in [1.29, 1.82) is 0 Å². The fraction of sp³-hybridized carbons (Fsp3) is 0.333. The normalized spacial score (nSPS) is 14.1. The number of amides is 2. The highest BCUT2D eigenvalue weighted by molar-refractivity contribution is 7.20. The average Bonchev–Trinajstić information content (AvgIpc) is 3.23. The number of carbonyl (C=O) groups excluding carboxylic acids is 2. The van der Waals surface area contributed by atoms with Gasteiger partial charge in [0, 0.05) is 29.4 Å². The maximum atomic E-state index is 12.0. The van der Waals surface area contributed by atoms with Crippen molar-refractivity contribution in [2.75, 3.05) is 18.8 Å². The summed E-state index contributed by atoms with van der Waals surface area (Å²) in [5.41, 5.74) is 6.42. The lowest BCUT2D eigenvalue weighted by molar-refractivity contribution is -0.122. The number of nitrogens with one attached hydrogen (secondary N) is 2. The fourth-order valence-corrected chi connectivity index (χ4v) is 3.07. The monoisotopic (exact) mass is 303 g/mol. The zero-order valence-corrected chi connectivity index (χ0v) is 12.3. The Labute approximate surface area is 126 Å². The van der Waals surface area contributed by atoms with Crippen LogP contribution >= 0.6 is 11.3 Å². The third kappa shape index (κ3) is 3.33. The molecule has 0 spiro atoms. The summed E-state index contributed by atoms with van der Waals surface area (Å²) in [6.45, 7) is 0.909. The van der Waals surface area contributed by atoms with Crippen molar-refractivity contribution in [1.82, 2.24) is 10.6 Å². The van der Waals surface area contributed by atoms with E-state index in [2.05, 4.69) is 10.6 Å². The molecule has 1 aliphatic carbocycles. The molecule has 0 unspecified atom stereocenters. The minimum absolute atomic E-state index is 0.0987. The second-order valence-corrected chi connectivity index (χ2v) is 6.31. The number of fused-ring (bicyclic) bond motifs is 1. The molecule has 1 aromatic heterocycles. The number of benzene rings is 1. The molecule has 4 N–H and O–H groups in total. The molecule has 0 atom stereocenters. The third-order valence-corrected chi connectivity index (χ3v) is 4.54. The number of carbonyl (C=O) groups is 2. The van der Waals surface area contributed by atoms with Crippen LogP contribution in [-0.2, 0) is 4.79 Å². The van der Waals surface area contributed by atoms with Gasteiger partial charge in [0.2, 0.25) is 5.91 Å². The minimum Gasteiger partial charge on any atom is -0.399 e. The highest BCUT2D eigenvalue weighted by atomic mass is 32.1. The molecule has 2 aromatic rings. The van der Waals surface area contributed by atoms with E-state index in [-0.39, 0.29) is 17.7 Å². The van der Waals surface area contributed by atoms with E-state index in [1.165, 1.54) is 11.3 Å². The van der Waals surface area contributed by atoms with E-state index < -0.39 is 0 Å². The van der Waals surface area contributed by atoms with Gasteiger partial charge in [-0.3, -0.25) is 9.59 Å². The van der Waals surface area contributed by atoms with Crippen molar-refractivity contribution >= 4 is 38.9 Å². The lowest BCUT2D eigenvalue weighted by Crippen LogP contribution is -2.35. The Morgan fingerprint density at radius 2 is 1.95 bits per heavy atom. The molecule has 6 heteroatoms. The molecule has 0 radical (unpaired) electrons. The molecule has 5 nitrogen and oxygen atoms in total. The zero-order valence-electron chi connectivity index (χ0n) is 11.5. The number of hydrogen-bond donors (Lipinski definition) is 3. The average molecular weight is 303 g/mol. The van der Waals surface area contributed by atoms with Crippen molar-refractivity contribution < 1.29 is 9.59 Å². The van der Waals surface area contributed by atoms with Crippen molar-refractivity contribution in [2.24, 2.45) is 5.92 Å². The molecule has 110 valence electrons. The van der Waals surface area contributed by atoms with E-state index >= 15 is 0 Å². The first-order valence-corrected chi connectivity index (χ1v) is 7.80. The Hall–Kier alpha value is -2.08. The second-order valence-electron chi connectivity index (χ2n) is 5.23. The third-order valence-electron chi connectivity index (χ3n) is 3.42. The number of nitrogen functional groups attached to an aromatic ring is 1. The predicted octanol–water partition coefficient (Wildman–Crippen LogP) is 1.74. The van der Waals surface area contributed by atoms with Gasteiger partial charge in [-0.15, -0.1) is 11.3 Å². The maximum Gasteiger partial charge on any atom is 0.261 e. The van der Waals surface area contributed by atoms with Crippen LogP contribution in [0.4, 0.5) is 5.69 Å². The van der Waals surface area contributed by atoms with E-state index in [9.17, 15) is 9.59 Å². The predicted molar refractivity (Wildman–Crippen MR) is 84.3 cm³/mol. The van der Waals surface area contributed by atoms with Crippen LogP contribution in [0.15, 0.2) is 24.3 Å². The summed E-state index contributed by atoms with van der Waals surface area (Å²) in [7, 11) is 0. The first kappa shape index (κ1) is 13.9. The van der Waals surface area contributed by atoms with Gasteiger partial charge in [-0.25, -0.2) is 0 Å². The standard InChI is InChI=1S/C15H17N3O2S/c16-11-3-4-12-10(7-11)8-13(21-12)15(20)18-6-5-17-14(19)9-1-2-9/h3-4,7-9H,1-2,5-6,16H2,(H,17,19)(H,18,20). The van der Waals surface area contributed by atoms with E-state index in [0.717, 1.165) is 22.9 Å². The largest absolute Gasteiger partial charge is 0.399 e. The van der Waals surface area contributed by atoms with Gasteiger partial charge in [0.15, 0.2) is 0 Å². The van der Waals surface area contributed by atoms with E-state index in [0.29, 0.717) is 23.7 Å². The van der Waals surface area contributed by atoms with Crippen molar-refractivity contribution in [2.45, 2.75) is 12.8 Å². The van der Waals surface area contributed by atoms with E-state index in [1.807, 2.05) is 24.3 Å². The molecular weight excluding hydrogens is 286 g/mol. The molecule has 1 fully saturated rings. The van der Waals surface area contributed by atoms with E-state index in [1.54, 1.807) is 0 Å². The van der Waals surface area contributed by atoms with Crippen LogP contribution in [0.25, 0.3) is 10.1 Å². The highest BCUT2D eigenvalue weighted by Crippen LogP contribution is 2.28. The Morgan fingerprint density at radius 3 is 2.71 bits per heavy atom. The van der Waals surface area contributed by atoms with Gasteiger partial charge in [-0.05, 0) is 42.5 Å². The topological polar surface area (TPSA) is 84.2 Å². The van der Waals surface area contributed by atoms with Crippen LogP contribution in [0.5, 0.6) is 0 Å². The molecule has 2 amide bonds. The first-order chi connectivity index (χ1) is 10.1. The fourth-order valence-electron chi connectivity index (χ4n) is 2.11. The van der Waals surface area contributed by atoms with Crippen LogP contribution in [0.2, 0.25) is 0 Å². The van der Waals surface area contributed by atoms with Crippen LogP contribution in [0.3, 0.4) is 0 Å². The summed E-state index contributed by atoms with van der Waals surface area (Å²) in [4.78, 5) is 24.1. The summed E-state index contributed by atoms with van der Waals surface area (Å²) in [6.07, 6.45) is 1.98. The van der Waals surface area contributed by atoms with E-state index in [4.69, 9.17) is 5.73 Å². The summed E-state index contributed by atoms with van der Waals surface area (Å²) >= 11 is 1.44. The van der Waals surface area contributed by atoms with Gasteiger partial charge in [-0.1, -0.05) is 0 Å². The molecule has 0 bridgehead atoms. The summed E-state index contributed by atoms with van der Waals surface area (Å²) in [6, 6.07) is 7.45. The number of hydrogen-bond acceptors (Lipinski definition) is 4. The first-order valence-electron chi connectivity index (χ1n) is 6.98. The van der Waals surface area contributed by atoms with Gasteiger partial charge in [0.25, 0.3) is 5.91 Å². The quantitative estimate of drug-likeness (QED) is 0.581. The highest BCUT2D eigenvalue weighted by Gasteiger charge is 2.28. The van der Waals surface area contributed by atoms with Crippen LogP contribution < -0.4 is 16.4 Å². The maximum absolute atomic E-state index is 12.0. The molecular formula is C15H17N3O2S. The van der Waals surface area contributed by atoms with Crippen LogP contribution in [0.1, 0.15) is 22.5 Å². The summed E-state index contributed by atoms with van der Waals surface area (Å²) < 4.78 is 1.04. The molecule has 0 aliphatic heterocycles. The lowest BCUT2D eigenvalue weighted by atomic mass is 10.2. The summed E-state index contributed by atoms with van der Waals surface area (Å²) in [5, 5.41) is 6.61. The molecule has 1 aliphatic rings. The Morgan fingerprint density at radius 1 is 1.19 bits per heavy atom. The van der Waals surface area contributed by atoms with Gasteiger partial charge < -0.3 is 16.4 Å². The van der Waals surface area contributed by atoms with Crippen LogP contribution in [0, 0.1) is 5.92 Å². The number of thiophene rings is 1. The Kier molecular flexibility index (Phi) is 3.79. The molecule has 1 saturated carbocycles. The van der Waals surface area contributed by atoms with Crippen LogP contribution in [-0.4, -0.2) is 24.9 Å². The van der Waals surface area contributed by atoms with Gasteiger partial charge >= 0.3 is 0 Å². The second kappa shape index (κ2) is 5.73. The van der Waals surface area contributed by atoms with Crippen molar-refractivity contribution in [3.05, 3.63) is 29.1 Å². The molecule has 0 saturated heterocycles. The Bertz CT molecular complexity index is 691. The lowest BCUT2D eigenvalue weighted by Gasteiger charge is -2.05. The van der Waals surface area contributed by atoms with Gasteiger partial charge in [0.1, 0.15) is 0 Å². The molecule has 21 heavy (non-hydrogen) atoms. The molecule has 1 aromatic carbocycles. The number of rotatable bonds is 5. The Balaban J connectivity index is 1.52. The molecule has 3 rings (SSSR count). The van der Waals surface area contributed by atoms with Gasteiger partial charge in [-0.2, -0.15) is 0 Å². The molecule has 1 heterocycles. The zero-order chi connectivity index (χ0) is 14.8. The van der Waals surface area contributed by atoms with Gasteiger partial charge in [0.05, 0.1) is 4.88 Å². The van der Waals surface area contributed by atoms with Crippen molar-refractivity contribution in [3.63, 3.8) is 0 Å². The minimum atomic E-state index is -0.115. The van der Waals surface area contributed by atoms with Crippen molar-refractivity contribution in [3.8, 4) is 0 Å². The number of anilines is 1. The SMILES string of the molecule is Nc1ccc2sc(C(=O)NCCNC(=O)C3CC3)cc2c1. The number of nitrogens with two attached hydrogens (primary N) is 1. The smallest absolute Gasteiger partial charge is 0.261 e.